The van der Waals surface area contributed by atoms with Gasteiger partial charge in [0.15, 0.2) is 5.82 Å². The van der Waals surface area contributed by atoms with Crippen LogP contribution in [0.1, 0.15) is 0 Å². The van der Waals surface area contributed by atoms with Gasteiger partial charge in [-0.3, -0.25) is 5.10 Å². The van der Waals surface area contributed by atoms with Crippen molar-refractivity contribution >= 4 is 5.82 Å². The molecule has 0 spiro atoms. The molecule has 0 fully saturated rings. The molecule has 0 unspecified atom stereocenters. The third-order valence-corrected chi connectivity index (χ3v) is 2.75. The number of rotatable bonds is 2. The second-order valence-corrected chi connectivity index (χ2v) is 3.85. The van der Waals surface area contributed by atoms with E-state index in [0.717, 1.165) is 5.56 Å². The molecule has 3 aromatic rings. The molecule has 0 saturated heterocycles. The molecule has 2 aromatic heterocycles. The van der Waals surface area contributed by atoms with Crippen LogP contribution in [0, 0.1) is 5.82 Å². The second-order valence-electron chi connectivity index (χ2n) is 3.85. The standard InChI is InChI=1S/C13H10FN3O/c14-10-4-2-1-3-9(10)11-12(16-17-13(11)15)8-5-6-18-7-8/h1-7H,(H3,15,16,17). The minimum absolute atomic E-state index is 0.260. The number of nitrogens with two attached hydrogens (primary N) is 1. The van der Waals surface area contributed by atoms with Crippen molar-refractivity contribution in [1.82, 2.24) is 10.2 Å². The van der Waals surface area contributed by atoms with E-state index in [0.29, 0.717) is 16.8 Å². The van der Waals surface area contributed by atoms with Crippen LogP contribution in [0.3, 0.4) is 0 Å². The van der Waals surface area contributed by atoms with E-state index in [2.05, 4.69) is 10.2 Å². The molecular formula is C13H10FN3O. The number of aromatic amines is 1. The number of H-pyrrole nitrogens is 1. The average Bonchev–Trinajstić information content (AvgIpc) is 2.99. The third-order valence-electron chi connectivity index (χ3n) is 2.75. The number of nitrogen functional groups attached to an aromatic ring is 1. The molecule has 0 saturated carbocycles. The molecule has 2 heterocycles. The van der Waals surface area contributed by atoms with E-state index in [1.807, 2.05) is 0 Å². The van der Waals surface area contributed by atoms with Crippen molar-refractivity contribution in [3.05, 3.63) is 48.7 Å². The van der Waals surface area contributed by atoms with Crippen molar-refractivity contribution in [1.29, 1.82) is 0 Å². The first-order valence-electron chi connectivity index (χ1n) is 5.38. The zero-order valence-electron chi connectivity index (χ0n) is 9.35. The monoisotopic (exact) mass is 243 g/mol. The Morgan fingerprint density at radius 2 is 2.06 bits per heavy atom. The molecule has 0 atom stereocenters. The number of anilines is 1. The average molecular weight is 243 g/mol. The SMILES string of the molecule is Nc1n[nH]c(-c2ccoc2)c1-c1ccccc1F. The number of halogens is 1. The molecule has 4 nitrogen and oxygen atoms in total. The Labute approximate surface area is 102 Å². The molecular weight excluding hydrogens is 233 g/mol. The van der Waals surface area contributed by atoms with Crippen LogP contribution in [-0.4, -0.2) is 10.2 Å². The summed E-state index contributed by atoms with van der Waals surface area (Å²) in [5, 5.41) is 6.73. The van der Waals surface area contributed by atoms with Crippen LogP contribution in [0.5, 0.6) is 0 Å². The summed E-state index contributed by atoms with van der Waals surface area (Å²) in [6, 6.07) is 8.20. The normalized spacial score (nSPS) is 10.7. The van der Waals surface area contributed by atoms with Crippen molar-refractivity contribution in [2.45, 2.75) is 0 Å². The van der Waals surface area contributed by atoms with Gasteiger partial charge in [0.05, 0.1) is 23.8 Å². The zero-order chi connectivity index (χ0) is 12.5. The maximum absolute atomic E-state index is 13.8. The highest BCUT2D eigenvalue weighted by Crippen LogP contribution is 2.35. The molecule has 18 heavy (non-hydrogen) atoms. The Morgan fingerprint density at radius 3 is 2.78 bits per heavy atom. The van der Waals surface area contributed by atoms with Gasteiger partial charge in [0.25, 0.3) is 0 Å². The van der Waals surface area contributed by atoms with Gasteiger partial charge in [0, 0.05) is 11.1 Å². The van der Waals surface area contributed by atoms with Crippen LogP contribution in [0.25, 0.3) is 22.4 Å². The Bertz CT molecular complexity index is 673. The van der Waals surface area contributed by atoms with E-state index >= 15 is 0 Å². The first-order chi connectivity index (χ1) is 8.77. The molecule has 90 valence electrons. The lowest BCUT2D eigenvalue weighted by atomic mass is 10.0. The Morgan fingerprint density at radius 1 is 1.22 bits per heavy atom. The number of hydrogen-bond donors (Lipinski definition) is 2. The lowest BCUT2D eigenvalue weighted by molar-refractivity contribution is 0.568. The fraction of sp³-hybridized carbons (Fsp3) is 0. The van der Waals surface area contributed by atoms with Crippen molar-refractivity contribution < 1.29 is 8.81 Å². The van der Waals surface area contributed by atoms with Crippen LogP contribution in [0.4, 0.5) is 10.2 Å². The van der Waals surface area contributed by atoms with Gasteiger partial charge >= 0.3 is 0 Å². The number of nitrogens with one attached hydrogen (secondary N) is 1. The minimum atomic E-state index is -0.338. The third kappa shape index (κ3) is 1.57. The molecule has 0 bridgehead atoms. The van der Waals surface area contributed by atoms with Gasteiger partial charge < -0.3 is 10.2 Å². The number of aromatic nitrogens is 2. The smallest absolute Gasteiger partial charge is 0.153 e. The van der Waals surface area contributed by atoms with Crippen molar-refractivity contribution in [3.63, 3.8) is 0 Å². The highest BCUT2D eigenvalue weighted by Gasteiger charge is 2.17. The predicted molar refractivity (Wildman–Crippen MR) is 66.1 cm³/mol. The maximum atomic E-state index is 13.8. The van der Waals surface area contributed by atoms with Gasteiger partial charge in [-0.25, -0.2) is 4.39 Å². The molecule has 1 aromatic carbocycles. The lowest BCUT2D eigenvalue weighted by Crippen LogP contribution is -1.91. The molecule has 3 N–H and O–H groups in total. The molecule has 0 amide bonds. The first-order valence-corrected chi connectivity index (χ1v) is 5.38. The molecule has 0 aliphatic carbocycles. The number of furan rings is 1. The Balaban J connectivity index is 2.24. The Kier molecular flexibility index (Phi) is 2.37. The molecule has 0 radical (unpaired) electrons. The quantitative estimate of drug-likeness (QED) is 0.726. The van der Waals surface area contributed by atoms with Gasteiger partial charge in [-0.2, -0.15) is 5.10 Å². The fourth-order valence-electron chi connectivity index (χ4n) is 1.91. The van der Waals surface area contributed by atoms with Gasteiger partial charge in [-0.1, -0.05) is 18.2 Å². The Hall–Kier alpha value is -2.56. The van der Waals surface area contributed by atoms with Crippen LogP contribution >= 0.6 is 0 Å². The van der Waals surface area contributed by atoms with Crippen molar-refractivity contribution in [3.8, 4) is 22.4 Å². The van der Waals surface area contributed by atoms with E-state index in [-0.39, 0.29) is 11.6 Å². The van der Waals surface area contributed by atoms with Gasteiger partial charge in [-0.05, 0) is 12.1 Å². The van der Waals surface area contributed by atoms with Gasteiger partial charge in [0.2, 0.25) is 0 Å². The van der Waals surface area contributed by atoms with E-state index < -0.39 is 0 Å². The molecule has 0 aliphatic heterocycles. The van der Waals surface area contributed by atoms with Gasteiger partial charge in [-0.15, -0.1) is 0 Å². The lowest BCUT2D eigenvalue weighted by Gasteiger charge is -2.04. The van der Waals surface area contributed by atoms with Gasteiger partial charge in [0.1, 0.15) is 5.82 Å². The molecule has 0 aliphatic rings. The van der Waals surface area contributed by atoms with Crippen LogP contribution in [0.2, 0.25) is 0 Å². The summed E-state index contributed by atoms with van der Waals surface area (Å²) in [5.74, 6) is -0.0772. The zero-order valence-corrected chi connectivity index (χ0v) is 9.35. The van der Waals surface area contributed by atoms with Crippen LogP contribution < -0.4 is 5.73 Å². The molecule has 5 heteroatoms. The van der Waals surface area contributed by atoms with E-state index in [1.54, 1.807) is 30.5 Å². The van der Waals surface area contributed by atoms with Crippen molar-refractivity contribution in [2.75, 3.05) is 5.73 Å². The topological polar surface area (TPSA) is 67.8 Å². The van der Waals surface area contributed by atoms with Crippen LogP contribution in [0.15, 0.2) is 47.3 Å². The number of benzene rings is 1. The van der Waals surface area contributed by atoms with E-state index in [4.69, 9.17) is 10.2 Å². The summed E-state index contributed by atoms with van der Waals surface area (Å²) >= 11 is 0. The maximum Gasteiger partial charge on any atom is 0.153 e. The second kappa shape index (κ2) is 4.03. The highest BCUT2D eigenvalue weighted by molar-refractivity contribution is 5.87. The minimum Gasteiger partial charge on any atom is -0.472 e. The summed E-state index contributed by atoms with van der Waals surface area (Å²) in [4.78, 5) is 0. The van der Waals surface area contributed by atoms with E-state index in [1.165, 1.54) is 12.3 Å². The molecule has 3 rings (SSSR count). The van der Waals surface area contributed by atoms with Crippen molar-refractivity contribution in [2.24, 2.45) is 0 Å². The summed E-state index contributed by atoms with van der Waals surface area (Å²) in [6.07, 6.45) is 3.09. The summed E-state index contributed by atoms with van der Waals surface area (Å²) < 4.78 is 18.9. The first kappa shape index (κ1) is 10.6. The number of nitrogens with zero attached hydrogens (tertiary/aromatic N) is 1. The fourth-order valence-corrected chi connectivity index (χ4v) is 1.91. The van der Waals surface area contributed by atoms with Crippen LogP contribution in [-0.2, 0) is 0 Å². The highest BCUT2D eigenvalue weighted by atomic mass is 19.1. The van der Waals surface area contributed by atoms with E-state index in [9.17, 15) is 4.39 Å². The largest absolute Gasteiger partial charge is 0.472 e. The summed E-state index contributed by atoms with van der Waals surface area (Å²) in [7, 11) is 0. The number of hydrogen-bond acceptors (Lipinski definition) is 3. The summed E-state index contributed by atoms with van der Waals surface area (Å²) in [6.45, 7) is 0. The predicted octanol–water partition coefficient (Wildman–Crippen LogP) is 3.06. The summed E-state index contributed by atoms with van der Waals surface area (Å²) in [5.41, 5.74) is 8.20.